The fourth-order valence-electron chi connectivity index (χ4n) is 2.00. The van der Waals surface area contributed by atoms with Crippen molar-refractivity contribution in [2.45, 2.75) is 45.7 Å². The number of aliphatic hydroxyl groups excluding tert-OH is 1. The molecule has 1 aromatic carbocycles. The predicted octanol–water partition coefficient (Wildman–Crippen LogP) is 3.55. The Balaban J connectivity index is 2.52. The Morgan fingerprint density at radius 1 is 1.25 bits per heavy atom. The third-order valence-corrected chi connectivity index (χ3v) is 4.07. The average molecular weight is 343 g/mol. The molecule has 0 aliphatic rings. The van der Waals surface area contributed by atoms with E-state index in [9.17, 15) is 0 Å². The Kier molecular flexibility index (Phi) is 8.19. The molecule has 0 fully saturated rings. The summed E-state index contributed by atoms with van der Waals surface area (Å²) < 4.78 is 1.16. The van der Waals surface area contributed by atoms with Crippen molar-refractivity contribution in [1.29, 1.82) is 0 Å². The van der Waals surface area contributed by atoms with E-state index in [1.807, 2.05) is 0 Å². The number of anilines is 1. The number of nitrogens with zero attached hydrogens (tertiary/aromatic N) is 1. The SMILES string of the molecule is CC(C)NCc1ccc(N(C)CCCCCO)cc1Br. The molecule has 1 rings (SSSR count). The molecule has 2 N–H and O–H groups in total. The number of unbranched alkanes of at least 4 members (excludes halogenated alkanes) is 2. The van der Waals surface area contributed by atoms with E-state index in [0.717, 1.165) is 36.8 Å². The highest BCUT2D eigenvalue weighted by Gasteiger charge is 2.05. The number of hydrogen-bond donors (Lipinski definition) is 2. The molecule has 0 aliphatic carbocycles. The van der Waals surface area contributed by atoms with Gasteiger partial charge in [0.15, 0.2) is 0 Å². The van der Waals surface area contributed by atoms with Gasteiger partial charge in [-0.05, 0) is 37.0 Å². The molecule has 0 spiro atoms. The van der Waals surface area contributed by atoms with Crippen LogP contribution in [0.2, 0.25) is 0 Å². The lowest BCUT2D eigenvalue weighted by atomic mass is 10.1. The fraction of sp³-hybridized carbons (Fsp3) is 0.625. The van der Waals surface area contributed by atoms with E-state index in [2.05, 4.69) is 65.2 Å². The molecule has 0 aromatic heterocycles. The van der Waals surface area contributed by atoms with E-state index < -0.39 is 0 Å². The van der Waals surface area contributed by atoms with Gasteiger partial charge in [-0.15, -0.1) is 0 Å². The summed E-state index contributed by atoms with van der Waals surface area (Å²) in [5.41, 5.74) is 2.52. The molecule has 0 aliphatic heterocycles. The van der Waals surface area contributed by atoms with Crippen LogP contribution < -0.4 is 10.2 Å². The van der Waals surface area contributed by atoms with Crippen molar-refractivity contribution in [2.24, 2.45) is 0 Å². The van der Waals surface area contributed by atoms with Gasteiger partial charge in [0.2, 0.25) is 0 Å². The molecule has 0 atom stereocenters. The highest BCUT2D eigenvalue weighted by atomic mass is 79.9. The zero-order chi connectivity index (χ0) is 15.0. The zero-order valence-electron chi connectivity index (χ0n) is 12.8. The van der Waals surface area contributed by atoms with Crippen LogP contribution in [-0.2, 0) is 6.54 Å². The van der Waals surface area contributed by atoms with Gasteiger partial charge in [-0.25, -0.2) is 0 Å². The smallest absolute Gasteiger partial charge is 0.0431 e. The normalized spacial score (nSPS) is 11.1. The second-order valence-corrected chi connectivity index (χ2v) is 6.37. The van der Waals surface area contributed by atoms with Crippen LogP contribution in [0.3, 0.4) is 0 Å². The van der Waals surface area contributed by atoms with E-state index in [1.165, 1.54) is 11.3 Å². The van der Waals surface area contributed by atoms with Crippen molar-refractivity contribution in [3.8, 4) is 0 Å². The first-order valence-corrected chi connectivity index (χ1v) is 8.17. The first kappa shape index (κ1) is 17.5. The van der Waals surface area contributed by atoms with Crippen molar-refractivity contribution in [1.82, 2.24) is 5.32 Å². The minimum atomic E-state index is 0.298. The van der Waals surface area contributed by atoms with Crippen molar-refractivity contribution in [3.05, 3.63) is 28.2 Å². The van der Waals surface area contributed by atoms with E-state index >= 15 is 0 Å². The van der Waals surface area contributed by atoms with Crippen LogP contribution in [-0.4, -0.2) is 31.3 Å². The van der Waals surface area contributed by atoms with Gasteiger partial charge in [0.25, 0.3) is 0 Å². The number of rotatable bonds is 9. The number of nitrogens with one attached hydrogen (secondary N) is 1. The third-order valence-electron chi connectivity index (χ3n) is 3.33. The predicted molar refractivity (Wildman–Crippen MR) is 90.3 cm³/mol. The molecule has 4 heteroatoms. The Bertz CT molecular complexity index is 396. The summed E-state index contributed by atoms with van der Waals surface area (Å²) in [5.74, 6) is 0. The number of aliphatic hydroxyl groups is 1. The fourth-order valence-corrected chi connectivity index (χ4v) is 2.50. The topological polar surface area (TPSA) is 35.5 Å². The van der Waals surface area contributed by atoms with Crippen molar-refractivity contribution >= 4 is 21.6 Å². The Hall–Kier alpha value is -0.580. The van der Waals surface area contributed by atoms with Crippen LogP contribution >= 0.6 is 15.9 Å². The van der Waals surface area contributed by atoms with Crippen LogP contribution in [0.4, 0.5) is 5.69 Å². The number of halogens is 1. The van der Waals surface area contributed by atoms with Gasteiger partial charge in [0.1, 0.15) is 0 Å². The standard InChI is InChI=1S/C16H27BrN2O/c1-13(2)18-12-14-7-8-15(11-16(14)17)19(3)9-5-4-6-10-20/h7-8,11,13,18,20H,4-6,9-10,12H2,1-3H3. The van der Waals surface area contributed by atoms with Crippen LogP contribution in [0, 0.1) is 0 Å². The molecule has 0 heterocycles. The minimum Gasteiger partial charge on any atom is -0.396 e. The lowest BCUT2D eigenvalue weighted by Gasteiger charge is -2.20. The summed E-state index contributed by atoms with van der Waals surface area (Å²) in [6, 6.07) is 7.03. The summed E-state index contributed by atoms with van der Waals surface area (Å²) in [6.07, 6.45) is 3.10. The molecule has 20 heavy (non-hydrogen) atoms. The zero-order valence-corrected chi connectivity index (χ0v) is 14.4. The molecular weight excluding hydrogens is 316 g/mol. The molecule has 0 bridgehead atoms. The van der Waals surface area contributed by atoms with Crippen molar-refractivity contribution < 1.29 is 5.11 Å². The van der Waals surface area contributed by atoms with Gasteiger partial charge in [-0.2, -0.15) is 0 Å². The molecular formula is C16H27BrN2O. The second-order valence-electron chi connectivity index (χ2n) is 5.52. The van der Waals surface area contributed by atoms with Crippen LogP contribution in [0.15, 0.2) is 22.7 Å². The molecule has 0 saturated heterocycles. The Morgan fingerprint density at radius 3 is 2.60 bits per heavy atom. The van der Waals surface area contributed by atoms with E-state index in [-0.39, 0.29) is 0 Å². The highest BCUT2D eigenvalue weighted by Crippen LogP contribution is 2.24. The first-order chi connectivity index (χ1) is 9.54. The van der Waals surface area contributed by atoms with Gasteiger partial charge in [-0.3, -0.25) is 0 Å². The van der Waals surface area contributed by atoms with Crippen molar-refractivity contribution in [3.63, 3.8) is 0 Å². The lowest BCUT2D eigenvalue weighted by molar-refractivity contribution is 0.283. The number of hydrogen-bond acceptors (Lipinski definition) is 3. The van der Waals surface area contributed by atoms with Gasteiger partial charge in [-0.1, -0.05) is 35.8 Å². The van der Waals surface area contributed by atoms with Gasteiger partial charge < -0.3 is 15.3 Å². The third kappa shape index (κ3) is 6.25. The van der Waals surface area contributed by atoms with Gasteiger partial charge >= 0.3 is 0 Å². The average Bonchev–Trinajstić information content (AvgIpc) is 2.41. The van der Waals surface area contributed by atoms with Crippen LogP contribution in [0.5, 0.6) is 0 Å². The summed E-state index contributed by atoms with van der Waals surface area (Å²) in [4.78, 5) is 2.27. The molecule has 1 aromatic rings. The van der Waals surface area contributed by atoms with Gasteiger partial charge in [0.05, 0.1) is 0 Å². The van der Waals surface area contributed by atoms with Crippen LogP contribution in [0.1, 0.15) is 38.7 Å². The monoisotopic (exact) mass is 342 g/mol. The minimum absolute atomic E-state index is 0.298. The molecule has 3 nitrogen and oxygen atoms in total. The molecule has 114 valence electrons. The lowest BCUT2D eigenvalue weighted by Crippen LogP contribution is -2.22. The first-order valence-electron chi connectivity index (χ1n) is 7.38. The van der Waals surface area contributed by atoms with E-state index in [0.29, 0.717) is 12.6 Å². The quantitative estimate of drug-likeness (QED) is 0.673. The summed E-state index contributed by atoms with van der Waals surface area (Å²) in [7, 11) is 2.12. The summed E-state index contributed by atoms with van der Waals surface area (Å²) in [5, 5.41) is 12.2. The highest BCUT2D eigenvalue weighted by molar-refractivity contribution is 9.10. The Morgan fingerprint density at radius 2 is 2.00 bits per heavy atom. The van der Waals surface area contributed by atoms with E-state index in [4.69, 9.17) is 5.11 Å². The van der Waals surface area contributed by atoms with Crippen LogP contribution in [0.25, 0.3) is 0 Å². The van der Waals surface area contributed by atoms with E-state index in [1.54, 1.807) is 0 Å². The largest absolute Gasteiger partial charge is 0.396 e. The van der Waals surface area contributed by atoms with Crippen molar-refractivity contribution in [2.75, 3.05) is 25.1 Å². The molecule has 0 unspecified atom stereocenters. The second kappa shape index (κ2) is 9.37. The molecule has 0 radical (unpaired) electrons. The summed E-state index contributed by atoms with van der Waals surface area (Å²) in [6.45, 7) is 6.52. The molecule has 0 saturated carbocycles. The number of benzene rings is 1. The maximum absolute atomic E-state index is 8.78. The maximum atomic E-state index is 8.78. The molecule has 0 amide bonds. The maximum Gasteiger partial charge on any atom is 0.0431 e. The van der Waals surface area contributed by atoms with Gasteiger partial charge in [0, 0.05) is 42.9 Å². The Labute approximate surface area is 131 Å². The summed E-state index contributed by atoms with van der Waals surface area (Å²) >= 11 is 3.66.